The number of nitrogens with two attached hydrogens (primary N) is 3. The second kappa shape index (κ2) is 34.1. The fourth-order valence-corrected chi connectivity index (χ4v) is 16.8. The summed E-state index contributed by atoms with van der Waals surface area (Å²) in [6.07, 6.45) is 23.7. The molecule has 4 aliphatic heterocycles. The summed E-state index contributed by atoms with van der Waals surface area (Å²) < 4.78 is 31.1. The Morgan fingerprint density at radius 2 is 0.865 bits per heavy atom. The molecule has 29 nitrogen and oxygen atoms in total. The summed E-state index contributed by atoms with van der Waals surface area (Å²) in [5, 5.41) is 87.4. The largest absolute Gasteiger partial charge is 0.397 e. The van der Waals surface area contributed by atoms with Gasteiger partial charge in [0, 0.05) is 38.0 Å². The van der Waals surface area contributed by atoms with Crippen molar-refractivity contribution in [3.05, 3.63) is 78.6 Å². The lowest BCUT2D eigenvalue weighted by atomic mass is 10.1. The Hall–Kier alpha value is -5.93. The fraction of sp³-hybridized carbons (Fsp3) is 0.592. The zero-order valence-electron chi connectivity index (χ0n) is 62.5. The number of hydrogen-bond acceptors (Lipinski definition) is 25. The zero-order chi connectivity index (χ0) is 76.2. The number of nitrogens with zero attached hydrogens (tertiary/aromatic N) is 13. The fourth-order valence-electron chi connectivity index (χ4n) is 13.0. The van der Waals surface area contributed by atoms with Crippen molar-refractivity contribution in [3.8, 4) is 0 Å². The highest BCUT2D eigenvalue weighted by atomic mass is 31.2. The zero-order valence-corrected chi connectivity index (χ0v) is 66.1. The Morgan fingerprint density at radius 3 is 1.27 bits per heavy atom. The van der Waals surface area contributed by atoms with Crippen LogP contribution in [-0.4, -0.2) is 287 Å². The molecule has 8 aromatic heterocycles. The van der Waals surface area contributed by atoms with E-state index in [2.05, 4.69) is 156 Å². The Bertz CT molecular complexity index is 4480. The molecular weight excluding hydrogens is 1410 g/mol. The number of nitrogens with one attached hydrogen (secondary N) is 1. The van der Waals surface area contributed by atoms with E-state index in [0.717, 1.165) is 49.1 Å². The first kappa shape index (κ1) is 82.1. The van der Waals surface area contributed by atoms with Gasteiger partial charge in [-0.05, 0) is 149 Å². The van der Waals surface area contributed by atoms with E-state index in [1.54, 1.807) is 61.4 Å². The number of rotatable bonds is 23. The molecule has 16 atom stereocenters. The predicted octanol–water partition coefficient (Wildman–Crippen LogP) is 6.33. The molecule has 4 aliphatic rings. The van der Waals surface area contributed by atoms with Crippen LogP contribution in [0, 0.1) is 6.92 Å². The maximum absolute atomic E-state index is 10.7. The van der Waals surface area contributed by atoms with Crippen LogP contribution in [0.4, 0.5) is 22.9 Å². The molecule has 12 rings (SSSR count). The van der Waals surface area contributed by atoms with Gasteiger partial charge in [0.25, 0.3) is 0 Å². The van der Waals surface area contributed by atoms with E-state index in [-0.39, 0.29) is 0 Å². The highest BCUT2D eigenvalue weighted by molar-refractivity contribution is 7.73. The van der Waals surface area contributed by atoms with E-state index in [1.807, 2.05) is 13.8 Å². The van der Waals surface area contributed by atoms with Crippen LogP contribution in [0.3, 0.4) is 0 Å². The minimum atomic E-state index is -1.24. The average molecular weight is 1520 g/mol. The van der Waals surface area contributed by atoms with Crippen molar-refractivity contribution in [2.75, 3.05) is 107 Å². The molecule has 0 saturated carbocycles. The van der Waals surface area contributed by atoms with Gasteiger partial charge in [-0.25, -0.2) is 44.9 Å². The molecule has 0 spiro atoms. The van der Waals surface area contributed by atoms with Gasteiger partial charge >= 0.3 is 0 Å². The standard InChI is InChI=1S/C20H32N5O3P.C18H29N4O3P.C17H27N4O3P.C16H25N4O3P/c1-6-13(2)7-9-21-18-15-19(23-11-22-18)25(12-24-15)20-17(27)16(26)14(28-20)8-10-29(3,4)5;1-5-6-13-21-14-11(19)7-9-20-17(14)22(13)18-16(24)15(23)12(25-18)8-10-26(2,3)4;1-5-12-20-13-10(18)6-8-19-16(13)21(12)17-15(23)14(22)11(24-17)7-9-25(2,3)4;1-9-19-12-10(17)5-7-18-15(12)20(9)16-14(22)13(21)11(23-16)6-8-24(2,3)4/h7,11-12,14,16-17,20,26-27H,3,6,8-10H2,1-2,4-5H3,(H,21,22,23);7,9,12,15-16,18,23-24H,2,5-6,8,10H2,1,3-4H3,(H2,19,20);6,8,11,14-15,17,22-23H,2,5,7,9H2,1,3-4H3,(H2,18,19);5,7,11,13-14,16,21-22H,2,6,8H2,1,3-4H3,(H2,17,18)/b13-7-;;;/t14-,16-,17-,20-;12-,15-,16-,18-;11-,14-,15-,17-;11-,13-,14-,16-/m1111/s1. The molecule has 0 amide bonds. The third kappa shape index (κ3) is 19.3. The second-order valence-corrected chi connectivity index (χ2v) is 47.7. The number of nitrogen functional groups attached to an aromatic ring is 3. The molecule has 4 fully saturated rings. The summed E-state index contributed by atoms with van der Waals surface area (Å²) in [6.45, 7) is 22.9. The van der Waals surface area contributed by atoms with Crippen LogP contribution in [0.25, 0.3) is 44.7 Å². The van der Waals surface area contributed by atoms with Gasteiger partial charge in [-0.3, -0.25) is 18.3 Å². The van der Waals surface area contributed by atoms with Crippen molar-refractivity contribution >= 4 is 120 Å². The molecule has 4 saturated heterocycles. The van der Waals surface area contributed by atoms with Crippen LogP contribution in [-0.2, 0) is 31.8 Å². The first-order valence-corrected chi connectivity index (χ1v) is 47.7. The average Bonchev–Trinajstić information content (AvgIpc) is 1.62. The van der Waals surface area contributed by atoms with Gasteiger partial charge in [0.15, 0.2) is 58.8 Å². The number of imidazole rings is 4. The van der Waals surface area contributed by atoms with Crippen molar-refractivity contribution in [3.63, 3.8) is 0 Å². The van der Waals surface area contributed by atoms with Crippen molar-refractivity contribution in [1.29, 1.82) is 0 Å². The summed E-state index contributed by atoms with van der Waals surface area (Å²) >= 11 is 0. The minimum Gasteiger partial charge on any atom is -0.397 e. The summed E-state index contributed by atoms with van der Waals surface area (Å²) in [7, 11) is 0. The minimum absolute atomic E-state index is 0.427. The van der Waals surface area contributed by atoms with Crippen LogP contribution in [0.2, 0.25) is 0 Å². The van der Waals surface area contributed by atoms with Gasteiger partial charge < -0.3 is 82.3 Å². The van der Waals surface area contributed by atoms with Gasteiger partial charge in [0.05, 0.1) is 47.8 Å². The molecule has 574 valence electrons. The predicted molar refractivity (Wildman–Crippen MR) is 427 cm³/mol. The van der Waals surface area contributed by atoms with Crippen molar-refractivity contribution in [2.45, 2.75) is 184 Å². The van der Waals surface area contributed by atoms with Gasteiger partial charge in [-0.15, -0.1) is 52.7 Å². The lowest BCUT2D eigenvalue weighted by Gasteiger charge is -2.20. The van der Waals surface area contributed by atoms with Crippen LogP contribution in [0.5, 0.6) is 0 Å². The molecule has 104 heavy (non-hydrogen) atoms. The lowest BCUT2D eigenvalue weighted by molar-refractivity contribution is -0.0368. The second-order valence-electron chi connectivity index (χ2n) is 30.5. The van der Waals surface area contributed by atoms with Crippen LogP contribution in [0.15, 0.2) is 61.1 Å². The van der Waals surface area contributed by atoms with Gasteiger partial charge in [-0.1, -0.05) is 32.4 Å². The molecule has 12 heterocycles. The quantitative estimate of drug-likeness (QED) is 0.0246. The number of fused-ring (bicyclic) bond motifs is 4. The SMILES string of the molecule is C=P(C)(C)CC[C@H]1O[C@@H](n2c(C)nc3c(N)ccnc32)[C@H](O)[C@@H]1O.C=P(C)(C)CC[C@H]1O[C@@H](n2c(CC)nc3c(N)ccnc32)[C@H](O)[C@@H]1O.C=P(C)(C)CC[C@H]1O[C@@H](n2c(CCC)nc3c(N)ccnc32)[C@H](O)[C@@H]1O.C=P(C)(C)CC[C@H]1O[C@@H](n2cnc3c(NC/C=C(/C)CC)ncnc32)[C@H](O)[C@@H]1O. The summed E-state index contributed by atoms with van der Waals surface area (Å²) in [6, 6.07) is 5.09. The normalized spacial score (nSPS) is 26.8. The van der Waals surface area contributed by atoms with Gasteiger partial charge in [0.1, 0.15) is 89.2 Å². The number of hydrogen-bond donors (Lipinski definition) is 12. The van der Waals surface area contributed by atoms with E-state index >= 15 is 0 Å². The molecule has 8 aromatic rings. The maximum Gasteiger partial charge on any atom is 0.167 e. The highest BCUT2D eigenvalue weighted by Crippen LogP contribution is 2.45. The summed E-state index contributed by atoms with van der Waals surface area (Å²) in [4.78, 5) is 39.7. The molecule has 15 N–H and O–H groups in total. The van der Waals surface area contributed by atoms with Crippen molar-refractivity contribution in [1.82, 2.24) is 63.1 Å². The molecule has 0 aromatic carbocycles. The molecule has 33 heteroatoms. The van der Waals surface area contributed by atoms with Gasteiger partial charge in [-0.2, -0.15) is 0 Å². The third-order valence-corrected chi connectivity index (χ3v) is 24.9. The topological polar surface area (TPSA) is 425 Å². The lowest BCUT2D eigenvalue weighted by Crippen LogP contribution is -2.32. The smallest absolute Gasteiger partial charge is 0.167 e. The Kier molecular flexibility index (Phi) is 26.9. The molecule has 0 unspecified atom stereocenters. The summed E-state index contributed by atoms with van der Waals surface area (Å²) in [5.74, 6) is 2.75. The molecule has 0 radical (unpaired) electrons. The number of aromatic nitrogens is 13. The highest BCUT2D eigenvalue weighted by Gasteiger charge is 2.48. The molecule has 0 bridgehead atoms. The third-order valence-electron chi connectivity index (χ3n) is 19.0. The number of aliphatic hydroxyl groups is 8. The Labute approximate surface area is 610 Å². The van der Waals surface area contributed by atoms with E-state index < -0.39 is 126 Å². The molecular formula is C71H113N17O12P4. The van der Waals surface area contributed by atoms with Crippen molar-refractivity contribution in [2.24, 2.45) is 0 Å². The van der Waals surface area contributed by atoms with E-state index in [1.165, 1.54) is 11.9 Å². The Balaban J connectivity index is 0.000000161. The first-order chi connectivity index (χ1) is 48.8. The number of aliphatic hydroxyl groups excluding tert-OH is 8. The monoisotopic (exact) mass is 1520 g/mol. The van der Waals surface area contributed by atoms with E-state index in [0.29, 0.717) is 118 Å². The number of ether oxygens (including phenoxy) is 4. The Morgan fingerprint density at radius 1 is 0.490 bits per heavy atom. The number of anilines is 4. The van der Waals surface area contributed by atoms with Crippen LogP contribution in [0.1, 0.15) is 109 Å². The number of pyridine rings is 3. The first-order valence-electron chi connectivity index (χ1n) is 35.5. The molecule has 0 aliphatic carbocycles. The van der Waals surface area contributed by atoms with Crippen LogP contribution >= 0.6 is 27.5 Å². The van der Waals surface area contributed by atoms with Gasteiger partial charge in [0.2, 0.25) is 0 Å². The van der Waals surface area contributed by atoms with Crippen molar-refractivity contribution < 1.29 is 59.8 Å². The van der Waals surface area contributed by atoms with Crippen LogP contribution < -0.4 is 22.5 Å². The number of aryl methyl sites for hydroxylation is 3. The maximum atomic E-state index is 10.7. The van der Waals surface area contributed by atoms with E-state index in [9.17, 15) is 40.9 Å². The number of allylic oxidation sites excluding steroid dienone is 1. The summed E-state index contributed by atoms with van der Waals surface area (Å²) in [5.41, 5.74) is 25.5. The van der Waals surface area contributed by atoms with E-state index in [4.69, 9.17) is 36.1 Å².